The van der Waals surface area contributed by atoms with Crippen molar-refractivity contribution in [1.29, 1.82) is 0 Å². The summed E-state index contributed by atoms with van der Waals surface area (Å²) in [5.74, 6) is 0.518. The van der Waals surface area contributed by atoms with Crippen molar-refractivity contribution in [2.24, 2.45) is 0 Å². The summed E-state index contributed by atoms with van der Waals surface area (Å²) in [6.45, 7) is 5.52. The van der Waals surface area contributed by atoms with Gasteiger partial charge < -0.3 is 10.2 Å². The first-order chi connectivity index (χ1) is 9.86. The van der Waals surface area contributed by atoms with Gasteiger partial charge in [0.05, 0.1) is 0 Å². The van der Waals surface area contributed by atoms with Crippen molar-refractivity contribution in [2.75, 3.05) is 24.5 Å². The second kappa shape index (κ2) is 6.10. The van der Waals surface area contributed by atoms with E-state index in [9.17, 15) is 0 Å². The summed E-state index contributed by atoms with van der Waals surface area (Å²) < 4.78 is 0. The van der Waals surface area contributed by atoms with E-state index in [0.717, 1.165) is 19.6 Å². The van der Waals surface area contributed by atoms with Gasteiger partial charge in [0.2, 0.25) is 0 Å². The van der Waals surface area contributed by atoms with Crippen LogP contribution in [-0.2, 0) is 0 Å². The zero-order valence-corrected chi connectivity index (χ0v) is 12.0. The van der Waals surface area contributed by atoms with E-state index in [2.05, 4.69) is 77.8 Å². The van der Waals surface area contributed by atoms with E-state index in [-0.39, 0.29) is 0 Å². The van der Waals surface area contributed by atoms with Crippen LogP contribution in [0.1, 0.15) is 18.4 Å². The Labute approximate surface area is 121 Å². The molecule has 2 nitrogen and oxygen atoms in total. The van der Waals surface area contributed by atoms with Crippen molar-refractivity contribution in [2.45, 2.75) is 18.9 Å². The molecule has 0 amide bonds. The summed E-state index contributed by atoms with van der Waals surface area (Å²) in [5.41, 5.74) is 2.75. The molecule has 0 radical (unpaired) electrons. The Morgan fingerprint density at radius 2 is 1.65 bits per heavy atom. The summed E-state index contributed by atoms with van der Waals surface area (Å²) in [6, 6.07) is 22.1. The lowest BCUT2D eigenvalue weighted by atomic mass is 9.90. The molecule has 0 bridgehead atoms. The summed E-state index contributed by atoms with van der Waals surface area (Å²) in [5, 5.41) is 3.54. The highest BCUT2D eigenvalue weighted by atomic mass is 15.2. The number of para-hydroxylation sites is 1. The van der Waals surface area contributed by atoms with Gasteiger partial charge in [-0.3, -0.25) is 0 Å². The van der Waals surface area contributed by atoms with Gasteiger partial charge >= 0.3 is 0 Å². The fourth-order valence-corrected chi connectivity index (χ4v) is 3.09. The summed E-state index contributed by atoms with van der Waals surface area (Å²) >= 11 is 0. The number of anilines is 1. The molecule has 1 aliphatic heterocycles. The lowest BCUT2D eigenvalue weighted by molar-refractivity contribution is 0.430. The van der Waals surface area contributed by atoms with Crippen LogP contribution in [-0.4, -0.2) is 25.7 Å². The highest BCUT2D eigenvalue weighted by Gasteiger charge is 2.28. The van der Waals surface area contributed by atoms with Crippen LogP contribution in [0.3, 0.4) is 0 Å². The van der Waals surface area contributed by atoms with Gasteiger partial charge in [0.1, 0.15) is 0 Å². The van der Waals surface area contributed by atoms with Crippen molar-refractivity contribution in [3.63, 3.8) is 0 Å². The first-order valence-corrected chi connectivity index (χ1v) is 7.43. The van der Waals surface area contributed by atoms with Gasteiger partial charge in [-0.2, -0.15) is 0 Å². The highest BCUT2D eigenvalue weighted by molar-refractivity contribution is 5.48. The van der Waals surface area contributed by atoms with Gasteiger partial charge in [-0.1, -0.05) is 55.5 Å². The molecule has 2 unspecified atom stereocenters. The summed E-state index contributed by atoms with van der Waals surface area (Å²) in [6.07, 6.45) is 0. The second-order valence-corrected chi connectivity index (χ2v) is 5.50. The predicted octanol–water partition coefficient (Wildman–Crippen LogP) is 3.27. The van der Waals surface area contributed by atoms with Crippen LogP contribution >= 0.6 is 0 Å². The lowest BCUT2D eigenvalue weighted by Gasteiger charge is -2.41. The Morgan fingerprint density at radius 1 is 1.00 bits per heavy atom. The quantitative estimate of drug-likeness (QED) is 0.917. The molecule has 2 aromatic rings. The number of nitrogens with zero attached hydrogens (tertiary/aromatic N) is 1. The van der Waals surface area contributed by atoms with E-state index >= 15 is 0 Å². The Balaban J connectivity index is 1.86. The highest BCUT2D eigenvalue weighted by Crippen LogP contribution is 2.28. The van der Waals surface area contributed by atoms with E-state index < -0.39 is 0 Å². The predicted molar refractivity (Wildman–Crippen MR) is 85.3 cm³/mol. The molecule has 2 aromatic carbocycles. The monoisotopic (exact) mass is 266 g/mol. The maximum absolute atomic E-state index is 3.54. The van der Waals surface area contributed by atoms with Crippen LogP contribution in [0.15, 0.2) is 60.7 Å². The molecule has 1 heterocycles. The Bertz CT molecular complexity index is 524. The first-order valence-electron chi connectivity index (χ1n) is 7.43. The Morgan fingerprint density at radius 3 is 2.35 bits per heavy atom. The maximum Gasteiger partial charge on any atom is 0.0480 e. The third-order valence-electron chi connectivity index (χ3n) is 4.27. The van der Waals surface area contributed by atoms with E-state index in [1.54, 1.807) is 0 Å². The average molecular weight is 266 g/mol. The normalized spacial score (nSPS) is 20.6. The van der Waals surface area contributed by atoms with Crippen LogP contribution in [0.5, 0.6) is 0 Å². The number of rotatable bonds is 3. The summed E-state index contributed by atoms with van der Waals surface area (Å²) in [7, 11) is 0. The van der Waals surface area contributed by atoms with Gasteiger partial charge in [-0.25, -0.2) is 0 Å². The average Bonchev–Trinajstić information content (AvgIpc) is 2.56. The molecule has 2 heteroatoms. The van der Waals surface area contributed by atoms with Crippen LogP contribution < -0.4 is 10.2 Å². The van der Waals surface area contributed by atoms with Gasteiger partial charge in [0, 0.05) is 37.3 Å². The molecule has 0 saturated carbocycles. The molecule has 1 saturated heterocycles. The van der Waals surface area contributed by atoms with Crippen molar-refractivity contribution < 1.29 is 0 Å². The zero-order chi connectivity index (χ0) is 13.8. The minimum atomic E-state index is 0.508. The van der Waals surface area contributed by atoms with Crippen molar-refractivity contribution in [1.82, 2.24) is 5.32 Å². The SMILES string of the molecule is CC(c1ccccc1)C1CNCCN1c1ccccc1. The molecule has 1 fully saturated rings. The van der Waals surface area contributed by atoms with Gasteiger partial charge in [-0.05, 0) is 17.7 Å². The molecule has 0 aliphatic carbocycles. The zero-order valence-electron chi connectivity index (χ0n) is 12.0. The van der Waals surface area contributed by atoms with Crippen LogP contribution in [0.25, 0.3) is 0 Å². The van der Waals surface area contributed by atoms with E-state index in [1.165, 1.54) is 11.3 Å². The minimum Gasteiger partial charge on any atom is -0.365 e. The maximum atomic E-state index is 3.54. The Kier molecular flexibility index (Phi) is 4.03. The lowest BCUT2D eigenvalue weighted by Crippen LogP contribution is -2.53. The minimum absolute atomic E-state index is 0.508. The number of piperazine rings is 1. The molecular formula is C18H22N2. The van der Waals surface area contributed by atoms with E-state index in [1.807, 2.05) is 0 Å². The second-order valence-electron chi connectivity index (χ2n) is 5.50. The molecule has 0 spiro atoms. The first kappa shape index (κ1) is 13.2. The number of hydrogen-bond acceptors (Lipinski definition) is 2. The summed E-state index contributed by atoms with van der Waals surface area (Å²) in [4.78, 5) is 2.55. The molecule has 0 aromatic heterocycles. The number of hydrogen-bond donors (Lipinski definition) is 1. The molecule has 1 N–H and O–H groups in total. The van der Waals surface area contributed by atoms with Crippen LogP contribution in [0, 0.1) is 0 Å². The smallest absolute Gasteiger partial charge is 0.0480 e. The third-order valence-corrected chi connectivity index (χ3v) is 4.27. The number of nitrogens with one attached hydrogen (secondary N) is 1. The fraction of sp³-hybridized carbons (Fsp3) is 0.333. The Hall–Kier alpha value is -1.80. The van der Waals surface area contributed by atoms with Gasteiger partial charge in [-0.15, -0.1) is 0 Å². The van der Waals surface area contributed by atoms with Crippen LogP contribution in [0.4, 0.5) is 5.69 Å². The molecule has 3 rings (SSSR count). The molecular weight excluding hydrogens is 244 g/mol. The largest absolute Gasteiger partial charge is 0.365 e. The van der Waals surface area contributed by atoms with Crippen molar-refractivity contribution >= 4 is 5.69 Å². The molecule has 2 atom stereocenters. The van der Waals surface area contributed by atoms with E-state index in [0.29, 0.717) is 12.0 Å². The van der Waals surface area contributed by atoms with Crippen molar-refractivity contribution in [3.05, 3.63) is 66.2 Å². The van der Waals surface area contributed by atoms with E-state index in [4.69, 9.17) is 0 Å². The topological polar surface area (TPSA) is 15.3 Å². The van der Waals surface area contributed by atoms with Crippen molar-refractivity contribution in [3.8, 4) is 0 Å². The standard InChI is InChI=1S/C18H22N2/c1-15(16-8-4-2-5-9-16)18-14-19-12-13-20(18)17-10-6-3-7-11-17/h2-11,15,18-19H,12-14H2,1H3. The van der Waals surface area contributed by atoms with Gasteiger partial charge in [0.25, 0.3) is 0 Å². The molecule has 104 valence electrons. The molecule has 1 aliphatic rings. The fourth-order valence-electron chi connectivity index (χ4n) is 3.09. The number of benzene rings is 2. The third kappa shape index (κ3) is 2.70. The van der Waals surface area contributed by atoms with Gasteiger partial charge in [0.15, 0.2) is 0 Å². The van der Waals surface area contributed by atoms with Crippen LogP contribution in [0.2, 0.25) is 0 Å². The molecule has 20 heavy (non-hydrogen) atoms.